The summed E-state index contributed by atoms with van der Waals surface area (Å²) in [5.74, 6) is 1.06. The largest absolute Gasteiger partial charge is 0.490 e. The molecule has 0 aliphatic carbocycles. The van der Waals surface area contributed by atoms with Crippen molar-refractivity contribution in [3.8, 4) is 11.5 Å². The van der Waals surface area contributed by atoms with E-state index in [2.05, 4.69) is 15.8 Å². The van der Waals surface area contributed by atoms with E-state index in [1.54, 1.807) is 0 Å². The Balaban J connectivity index is 1.68. The van der Waals surface area contributed by atoms with Gasteiger partial charge in [-0.15, -0.1) is 0 Å². The molecule has 0 spiro atoms. The van der Waals surface area contributed by atoms with E-state index in [1.807, 2.05) is 18.2 Å². The molecule has 1 atom stereocenters. The maximum absolute atomic E-state index is 11.9. The number of nitrogens with one attached hydrogen (secondary N) is 2. The van der Waals surface area contributed by atoms with Gasteiger partial charge in [0.1, 0.15) is 0 Å². The van der Waals surface area contributed by atoms with E-state index < -0.39 is 0 Å². The normalized spacial score (nSPS) is 20.3. The lowest BCUT2D eigenvalue weighted by Crippen LogP contribution is -2.45. The van der Waals surface area contributed by atoms with Gasteiger partial charge >= 0.3 is 0 Å². The van der Waals surface area contributed by atoms with Crippen molar-refractivity contribution in [1.29, 1.82) is 0 Å². The predicted molar refractivity (Wildman–Crippen MR) is 87.6 cm³/mol. The monoisotopic (exact) mass is 333 g/mol. The lowest BCUT2D eigenvalue weighted by molar-refractivity contribution is -0.128. The van der Waals surface area contributed by atoms with Gasteiger partial charge in [0.25, 0.3) is 5.91 Å². The van der Waals surface area contributed by atoms with Crippen molar-refractivity contribution in [3.05, 3.63) is 23.8 Å². The molecule has 7 nitrogen and oxygen atoms in total. The first-order valence-electron chi connectivity index (χ1n) is 8.32. The summed E-state index contributed by atoms with van der Waals surface area (Å²) < 4.78 is 11.4. The number of carbonyl (C=O) groups is 2. The van der Waals surface area contributed by atoms with Crippen molar-refractivity contribution in [2.75, 3.05) is 26.3 Å². The van der Waals surface area contributed by atoms with Gasteiger partial charge in [0.15, 0.2) is 11.5 Å². The van der Waals surface area contributed by atoms with Crippen molar-refractivity contribution in [2.45, 2.75) is 32.2 Å². The second-order valence-electron chi connectivity index (χ2n) is 6.11. The Morgan fingerprint density at radius 3 is 2.75 bits per heavy atom. The molecule has 2 N–H and O–H groups in total. The molecule has 2 aliphatic heterocycles. The summed E-state index contributed by atoms with van der Waals surface area (Å²) in [5.41, 5.74) is 5.86. The number of hydrogen-bond donors (Lipinski definition) is 2. The zero-order valence-corrected chi connectivity index (χ0v) is 13.8. The Hall–Kier alpha value is -2.28. The molecule has 24 heavy (non-hydrogen) atoms. The molecule has 0 unspecified atom stereocenters. The third kappa shape index (κ3) is 3.97. The molecule has 0 bridgehead atoms. The summed E-state index contributed by atoms with van der Waals surface area (Å²) in [6.45, 7) is 3.79. The number of ether oxygens (including phenoxy) is 2. The molecule has 1 saturated heterocycles. The molecule has 1 aromatic carbocycles. The van der Waals surface area contributed by atoms with Gasteiger partial charge in [-0.1, -0.05) is 6.07 Å². The maximum atomic E-state index is 11.9. The summed E-state index contributed by atoms with van der Waals surface area (Å²) in [6, 6.07) is 6.19. The van der Waals surface area contributed by atoms with Crippen molar-refractivity contribution >= 4 is 11.8 Å². The van der Waals surface area contributed by atoms with Crippen LogP contribution in [0.3, 0.4) is 0 Å². The first-order valence-corrected chi connectivity index (χ1v) is 8.32. The molecule has 130 valence electrons. The molecule has 2 heterocycles. The minimum absolute atomic E-state index is 0.172. The molecular formula is C17H23N3O4. The smallest absolute Gasteiger partial charge is 0.252 e. The van der Waals surface area contributed by atoms with E-state index in [4.69, 9.17) is 9.47 Å². The van der Waals surface area contributed by atoms with Crippen molar-refractivity contribution in [2.24, 2.45) is 0 Å². The molecule has 1 aromatic rings. The minimum Gasteiger partial charge on any atom is -0.490 e. The lowest BCUT2D eigenvalue weighted by Gasteiger charge is -2.24. The first-order chi connectivity index (χ1) is 11.6. The van der Waals surface area contributed by atoms with Crippen LogP contribution in [0.25, 0.3) is 0 Å². The van der Waals surface area contributed by atoms with Gasteiger partial charge < -0.3 is 9.47 Å². The molecule has 2 amide bonds. The third-order valence-electron chi connectivity index (χ3n) is 4.24. The highest BCUT2D eigenvalue weighted by Gasteiger charge is 2.28. The number of hydrogen-bond acceptors (Lipinski definition) is 5. The van der Waals surface area contributed by atoms with Gasteiger partial charge in [-0.3, -0.25) is 25.3 Å². The average Bonchev–Trinajstić information content (AvgIpc) is 2.88. The van der Waals surface area contributed by atoms with Crippen LogP contribution in [-0.4, -0.2) is 43.0 Å². The van der Waals surface area contributed by atoms with Gasteiger partial charge in [0, 0.05) is 19.4 Å². The van der Waals surface area contributed by atoms with Crippen LogP contribution in [0.1, 0.15) is 37.8 Å². The molecule has 0 saturated carbocycles. The number of nitrogens with zero attached hydrogens (tertiary/aromatic N) is 1. The van der Waals surface area contributed by atoms with E-state index >= 15 is 0 Å². The van der Waals surface area contributed by atoms with Crippen LogP contribution in [0, 0.1) is 0 Å². The molecule has 7 heteroatoms. The van der Waals surface area contributed by atoms with E-state index in [0.717, 1.165) is 42.9 Å². The van der Waals surface area contributed by atoms with Crippen molar-refractivity contribution in [3.63, 3.8) is 0 Å². The fourth-order valence-corrected chi connectivity index (χ4v) is 3.16. The maximum Gasteiger partial charge on any atom is 0.252 e. The van der Waals surface area contributed by atoms with Crippen molar-refractivity contribution in [1.82, 2.24) is 15.8 Å². The second-order valence-corrected chi connectivity index (χ2v) is 6.11. The van der Waals surface area contributed by atoms with Crippen LogP contribution in [0.15, 0.2) is 18.2 Å². The Morgan fingerprint density at radius 1 is 1.17 bits per heavy atom. The van der Waals surface area contributed by atoms with Crippen LogP contribution >= 0.6 is 0 Å². The molecule has 0 radical (unpaired) electrons. The fraction of sp³-hybridized carbons (Fsp3) is 0.529. The topological polar surface area (TPSA) is 79.9 Å². The highest BCUT2D eigenvalue weighted by atomic mass is 16.5. The number of likely N-dealkylation sites (tertiary alicyclic amines) is 1. The van der Waals surface area contributed by atoms with Crippen LogP contribution < -0.4 is 20.3 Å². The lowest BCUT2D eigenvalue weighted by atomic mass is 10.0. The zero-order valence-electron chi connectivity index (χ0n) is 13.8. The van der Waals surface area contributed by atoms with Crippen LogP contribution in [-0.2, 0) is 9.59 Å². The van der Waals surface area contributed by atoms with Gasteiger partial charge in [-0.2, -0.15) is 0 Å². The molecule has 1 fully saturated rings. The minimum atomic E-state index is -0.288. The fourth-order valence-electron chi connectivity index (χ4n) is 3.16. The summed E-state index contributed by atoms with van der Waals surface area (Å²) in [4.78, 5) is 24.9. The van der Waals surface area contributed by atoms with E-state index in [0.29, 0.717) is 13.2 Å². The van der Waals surface area contributed by atoms with Crippen LogP contribution in [0.2, 0.25) is 0 Å². The number of hydrazine groups is 1. The Labute approximate surface area is 141 Å². The first kappa shape index (κ1) is 16.6. The quantitative estimate of drug-likeness (QED) is 0.811. The molecule has 3 rings (SSSR count). The molecule has 0 aromatic heterocycles. The van der Waals surface area contributed by atoms with Gasteiger partial charge in [0.05, 0.1) is 19.8 Å². The van der Waals surface area contributed by atoms with E-state index in [9.17, 15) is 9.59 Å². The molecule has 2 aliphatic rings. The summed E-state index contributed by atoms with van der Waals surface area (Å²) in [5, 5.41) is 0. The van der Waals surface area contributed by atoms with E-state index in [-0.39, 0.29) is 24.4 Å². The zero-order chi connectivity index (χ0) is 16.9. The summed E-state index contributed by atoms with van der Waals surface area (Å²) in [7, 11) is 0. The average molecular weight is 333 g/mol. The Bertz CT molecular complexity index is 620. The second kappa shape index (κ2) is 7.53. The van der Waals surface area contributed by atoms with Crippen LogP contribution in [0.5, 0.6) is 11.5 Å². The number of benzene rings is 1. The predicted octanol–water partition coefficient (Wildman–Crippen LogP) is 1.15. The SMILES string of the molecule is CC(=O)NNC(=O)CN1CCC[C@@H]1c1ccc2c(c1)OCCCO2. The van der Waals surface area contributed by atoms with Gasteiger partial charge in [-0.25, -0.2) is 0 Å². The summed E-state index contributed by atoms with van der Waals surface area (Å²) >= 11 is 0. The highest BCUT2D eigenvalue weighted by molar-refractivity contribution is 5.82. The van der Waals surface area contributed by atoms with Crippen molar-refractivity contribution < 1.29 is 19.1 Å². The number of rotatable bonds is 3. The number of amides is 2. The summed E-state index contributed by atoms with van der Waals surface area (Å²) in [6.07, 6.45) is 2.91. The van der Waals surface area contributed by atoms with Crippen LogP contribution in [0.4, 0.5) is 0 Å². The Kier molecular flexibility index (Phi) is 5.20. The third-order valence-corrected chi connectivity index (χ3v) is 4.24. The van der Waals surface area contributed by atoms with Gasteiger partial charge in [0.2, 0.25) is 5.91 Å². The molecular weight excluding hydrogens is 310 g/mol. The number of carbonyl (C=O) groups excluding carboxylic acids is 2. The number of fused-ring (bicyclic) bond motifs is 1. The standard InChI is InChI=1S/C17H23N3O4/c1-12(21)18-19-17(22)11-20-7-2-4-14(20)13-5-6-15-16(10-13)24-9-3-8-23-15/h5-6,10,14H,2-4,7-9,11H2,1H3,(H,18,21)(H,19,22)/t14-/m1/s1. The van der Waals surface area contributed by atoms with E-state index in [1.165, 1.54) is 6.92 Å². The highest BCUT2D eigenvalue weighted by Crippen LogP contribution is 2.37. The van der Waals surface area contributed by atoms with Gasteiger partial charge in [-0.05, 0) is 37.1 Å². The Morgan fingerprint density at radius 2 is 1.96 bits per heavy atom.